The van der Waals surface area contributed by atoms with Crippen molar-refractivity contribution in [3.05, 3.63) is 66.1 Å². The van der Waals surface area contributed by atoms with Crippen LogP contribution in [0.4, 0.5) is 16.2 Å². The first-order valence-electron chi connectivity index (χ1n) is 6.63. The van der Waals surface area contributed by atoms with Gasteiger partial charge >= 0.3 is 6.03 Å². The summed E-state index contributed by atoms with van der Waals surface area (Å²) in [5.74, 6) is 0. The number of imidazole rings is 1. The third-order valence-electron chi connectivity index (χ3n) is 3.05. The van der Waals surface area contributed by atoms with Crippen LogP contribution in [0, 0.1) is 0 Å². The van der Waals surface area contributed by atoms with Gasteiger partial charge < -0.3 is 15.6 Å². The average Bonchev–Trinajstić information content (AvgIpc) is 3.05. The van der Waals surface area contributed by atoms with Crippen molar-refractivity contribution in [1.29, 1.82) is 0 Å². The molecule has 0 aliphatic heterocycles. The van der Waals surface area contributed by atoms with Gasteiger partial charge in [0.05, 0.1) is 18.2 Å². The molecule has 0 radical (unpaired) electrons. The summed E-state index contributed by atoms with van der Waals surface area (Å²) in [5.41, 5.74) is 3.31. The van der Waals surface area contributed by atoms with Gasteiger partial charge in [-0.1, -0.05) is 23.7 Å². The monoisotopic (exact) mass is 312 g/mol. The molecule has 3 N–H and O–H groups in total. The molecule has 0 bridgehead atoms. The maximum absolute atomic E-state index is 11.9. The molecule has 5 nitrogen and oxygen atoms in total. The third kappa shape index (κ3) is 3.45. The van der Waals surface area contributed by atoms with Crippen molar-refractivity contribution >= 4 is 29.0 Å². The van der Waals surface area contributed by atoms with Crippen molar-refractivity contribution in [2.75, 3.05) is 10.6 Å². The van der Waals surface area contributed by atoms with Gasteiger partial charge in [-0.3, -0.25) is 0 Å². The summed E-state index contributed by atoms with van der Waals surface area (Å²) in [6.07, 6.45) is 3.37. The number of urea groups is 1. The second kappa shape index (κ2) is 6.32. The Morgan fingerprint density at radius 3 is 2.09 bits per heavy atom. The van der Waals surface area contributed by atoms with E-state index in [0.717, 1.165) is 11.3 Å². The maximum atomic E-state index is 11.9. The van der Waals surface area contributed by atoms with Crippen LogP contribution in [-0.2, 0) is 0 Å². The van der Waals surface area contributed by atoms with Crippen LogP contribution < -0.4 is 10.6 Å². The van der Waals surface area contributed by atoms with E-state index in [4.69, 9.17) is 11.6 Å². The highest BCUT2D eigenvalue weighted by Crippen LogP contribution is 2.19. The molecule has 3 aromatic rings. The Morgan fingerprint density at radius 2 is 1.55 bits per heavy atom. The van der Waals surface area contributed by atoms with Gasteiger partial charge in [0.2, 0.25) is 0 Å². The number of carbonyl (C=O) groups excluding carboxylic acids is 1. The molecule has 6 heteroatoms. The topological polar surface area (TPSA) is 69.8 Å². The molecule has 0 fully saturated rings. The molecule has 0 atom stereocenters. The predicted octanol–water partition coefficient (Wildman–Crippen LogP) is 4.37. The molecule has 0 aliphatic carbocycles. The standard InChI is InChI=1S/C16H13ClN4O/c17-12-3-7-14(8-4-12)21-16(22)20-13-5-1-11(2-6-13)15-9-18-10-19-15/h1-10H,(H,18,19)(H2,20,21,22). The number of hydrogen-bond donors (Lipinski definition) is 3. The van der Waals surface area contributed by atoms with Gasteiger partial charge in [-0.15, -0.1) is 0 Å². The Hall–Kier alpha value is -2.79. The van der Waals surface area contributed by atoms with E-state index in [9.17, 15) is 4.79 Å². The number of nitrogens with one attached hydrogen (secondary N) is 3. The Labute approximate surface area is 132 Å². The largest absolute Gasteiger partial charge is 0.345 e. The fraction of sp³-hybridized carbons (Fsp3) is 0. The number of aromatic nitrogens is 2. The van der Waals surface area contributed by atoms with E-state index in [0.29, 0.717) is 16.4 Å². The van der Waals surface area contributed by atoms with Gasteiger partial charge in [0.15, 0.2) is 0 Å². The molecular formula is C16H13ClN4O. The lowest BCUT2D eigenvalue weighted by molar-refractivity contribution is 0.262. The molecule has 0 aliphatic rings. The van der Waals surface area contributed by atoms with Crippen molar-refractivity contribution in [2.24, 2.45) is 0 Å². The van der Waals surface area contributed by atoms with Gasteiger partial charge in [-0.25, -0.2) is 9.78 Å². The van der Waals surface area contributed by atoms with Crippen molar-refractivity contribution in [2.45, 2.75) is 0 Å². The number of H-pyrrole nitrogens is 1. The average molecular weight is 313 g/mol. The number of halogens is 1. The highest BCUT2D eigenvalue weighted by molar-refractivity contribution is 6.30. The second-order valence-electron chi connectivity index (χ2n) is 4.63. The summed E-state index contributed by atoms with van der Waals surface area (Å²) in [5, 5.41) is 6.13. The minimum atomic E-state index is -0.309. The summed E-state index contributed by atoms with van der Waals surface area (Å²) in [6.45, 7) is 0. The summed E-state index contributed by atoms with van der Waals surface area (Å²) < 4.78 is 0. The second-order valence-corrected chi connectivity index (χ2v) is 5.07. The Morgan fingerprint density at radius 1 is 0.955 bits per heavy atom. The third-order valence-corrected chi connectivity index (χ3v) is 3.31. The lowest BCUT2D eigenvalue weighted by Crippen LogP contribution is -2.19. The van der Waals surface area contributed by atoms with Crippen molar-refractivity contribution in [3.8, 4) is 11.3 Å². The molecule has 22 heavy (non-hydrogen) atoms. The highest BCUT2D eigenvalue weighted by atomic mass is 35.5. The number of anilines is 2. The van der Waals surface area contributed by atoms with Crippen LogP contribution in [0.25, 0.3) is 11.3 Å². The Kier molecular flexibility index (Phi) is 4.07. The van der Waals surface area contributed by atoms with E-state index in [2.05, 4.69) is 20.6 Å². The molecule has 3 rings (SSSR count). The number of benzene rings is 2. The van der Waals surface area contributed by atoms with Crippen molar-refractivity contribution < 1.29 is 4.79 Å². The normalized spacial score (nSPS) is 10.2. The van der Waals surface area contributed by atoms with Crippen molar-refractivity contribution in [1.82, 2.24) is 9.97 Å². The summed E-state index contributed by atoms with van der Waals surface area (Å²) in [6, 6.07) is 14.1. The number of nitrogens with zero attached hydrogens (tertiary/aromatic N) is 1. The zero-order valence-corrected chi connectivity index (χ0v) is 12.3. The predicted molar refractivity (Wildman–Crippen MR) is 88.1 cm³/mol. The molecule has 0 unspecified atom stereocenters. The van der Waals surface area contributed by atoms with Gasteiger partial charge in [-0.2, -0.15) is 0 Å². The molecule has 2 aromatic carbocycles. The van der Waals surface area contributed by atoms with Gasteiger partial charge in [0.25, 0.3) is 0 Å². The summed E-state index contributed by atoms with van der Waals surface area (Å²) in [4.78, 5) is 18.9. The van der Waals surface area contributed by atoms with Crippen molar-refractivity contribution in [3.63, 3.8) is 0 Å². The minimum Gasteiger partial charge on any atom is -0.345 e. The molecule has 0 saturated heterocycles. The number of hydrogen-bond acceptors (Lipinski definition) is 2. The smallest absolute Gasteiger partial charge is 0.323 e. The van der Waals surface area contributed by atoms with E-state index in [1.165, 1.54) is 0 Å². The Balaban J connectivity index is 1.63. The fourth-order valence-electron chi connectivity index (χ4n) is 1.97. The first kappa shape index (κ1) is 14.2. The molecule has 0 saturated carbocycles. The van der Waals surface area contributed by atoms with Crippen LogP contribution in [0.3, 0.4) is 0 Å². The Bertz CT molecular complexity index is 752. The molecule has 0 spiro atoms. The zero-order valence-electron chi connectivity index (χ0n) is 11.5. The van der Waals surface area contributed by atoms with Crippen LogP contribution in [0.15, 0.2) is 61.1 Å². The van der Waals surface area contributed by atoms with Crippen LogP contribution in [0.5, 0.6) is 0 Å². The lowest BCUT2D eigenvalue weighted by Gasteiger charge is -2.08. The summed E-state index contributed by atoms with van der Waals surface area (Å²) in [7, 11) is 0. The molecular weight excluding hydrogens is 300 g/mol. The van der Waals surface area contributed by atoms with Crippen LogP contribution in [-0.4, -0.2) is 16.0 Å². The van der Waals surface area contributed by atoms with E-state index < -0.39 is 0 Å². The SMILES string of the molecule is O=C(Nc1ccc(Cl)cc1)Nc1ccc(-c2cnc[nH]2)cc1. The zero-order chi connectivity index (χ0) is 15.4. The molecule has 1 aromatic heterocycles. The summed E-state index contributed by atoms with van der Waals surface area (Å²) >= 11 is 5.80. The lowest BCUT2D eigenvalue weighted by atomic mass is 10.1. The van der Waals surface area contributed by atoms with Crippen LogP contribution in [0.2, 0.25) is 5.02 Å². The quantitative estimate of drug-likeness (QED) is 0.672. The molecule has 110 valence electrons. The van der Waals surface area contributed by atoms with Gasteiger partial charge in [0, 0.05) is 16.4 Å². The van der Waals surface area contributed by atoms with E-state index in [1.807, 2.05) is 24.3 Å². The number of rotatable bonds is 3. The van der Waals surface area contributed by atoms with Crippen LogP contribution in [0.1, 0.15) is 0 Å². The maximum Gasteiger partial charge on any atom is 0.323 e. The van der Waals surface area contributed by atoms with E-state index >= 15 is 0 Å². The van der Waals surface area contributed by atoms with E-state index in [-0.39, 0.29) is 6.03 Å². The minimum absolute atomic E-state index is 0.309. The first-order chi connectivity index (χ1) is 10.7. The first-order valence-corrected chi connectivity index (χ1v) is 7.01. The van der Waals surface area contributed by atoms with Gasteiger partial charge in [0.1, 0.15) is 0 Å². The number of aromatic amines is 1. The van der Waals surface area contributed by atoms with Gasteiger partial charge in [-0.05, 0) is 42.0 Å². The van der Waals surface area contributed by atoms with E-state index in [1.54, 1.807) is 36.8 Å². The molecule has 1 heterocycles. The number of amides is 2. The van der Waals surface area contributed by atoms with Crippen LogP contribution >= 0.6 is 11.6 Å². The highest BCUT2D eigenvalue weighted by Gasteiger charge is 2.04. The molecule has 2 amide bonds. The number of carbonyl (C=O) groups is 1. The fourth-order valence-corrected chi connectivity index (χ4v) is 2.10.